The first-order valence-electron chi connectivity index (χ1n) is 4.67. The molecule has 0 aliphatic carbocycles. The van der Waals surface area contributed by atoms with Crippen molar-refractivity contribution in [2.45, 2.75) is 19.4 Å². The molecule has 0 aliphatic heterocycles. The number of halogens is 1. The summed E-state index contributed by atoms with van der Waals surface area (Å²) in [7, 11) is 1.67. The molecule has 0 aromatic carbocycles. The lowest BCUT2D eigenvalue weighted by molar-refractivity contribution is 0.191. The Morgan fingerprint density at radius 2 is 2.40 bits per heavy atom. The van der Waals surface area contributed by atoms with Crippen LogP contribution in [0, 0.1) is 0 Å². The summed E-state index contributed by atoms with van der Waals surface area (Å²) in [6, 6.07) is 0.219. The predicted octanol–water partition coefficient (Wildman–Crippen LogP) is 1.55. The average Bonchev–Trinajstić information content (AvgIpc) is 2.20. The normalized spacial score (nSPS) is 12.5. The zero-order valence-electron chi connectivity index (χ0n) is 8.83. The SMILES string of the molecule is COCCC(C)Nc1nc(N)ncc1Cl. The third-order valence-electron chi connectivity index (χ3n) is 1.90. The molecule has 1 heterocycles. The minimum atomic E-state index is 0.209. The van der Waals surface area contributed by atoms with Crippen molar-refractivity contribution in [2.24, 2.45) is 0 Å². The van der Waals surface area contributed by atoms with Crippen molar-refractivity contribution in [3.63, 3.8) is 0 Å². The molecule has 0 radical (unpaired) electrons. The third kappa shape index (κ3) is 3.89. The number of aromatic nitrogens is 2. The maximum atomic E-state index is 5.90. The summed E-state index contributed by atoms with van der Waals surface area (Å²) >= 11 is 5.90. The molecule has 1 aromatic heterocycles. The molecule has 6 heteroatoms. The highest BCUT2D eigenvalue weighted by Gasteiger charge is 2.07. The lowest BCUT2D eigenvalue weighted by Crippen LogP contribution is -2.18. The molecule has 0 fully saturated rings. The second kappa shape index (κ2) is 5.72. The van der Waals surface area contributed by atoms with Gasteiger partial charge in [0.15, 0.2) is 5.82 Å². The number of nitrogen functional groups attached to an aromatic ring is 1. The number of ether oxygens (including phenoxy) is 1. The molecule has 1 rings (SSSR count). The van der Waals surface area contributed by atoms with E-state index in [2.05, 4.69) is 15.3 Å². The van der Waals surface area contributed by atoms with Crippen LogP contribution in [-0.2, 0) is 4.74 Å². The smallest absolute Gasteiger partial charge is 0.222 e. The van der Waals surface area contributed by atoms with Crippen LogP contribution in [0.3, 0.4) is 0 Å². The van der Waals surface area contributed by atoms with Gasteiger partial charge in [0, 0.05) is 19.8 Å². The molecule has 84 valence electrons. The Kier molecular flexibility index (Phi) is 4.58. The summed E-state index contributed by atoms with van der Waals surface area (Å²) in [5.74, 6) is 0.772. The van der Waals surface area contributed by atoms with Gasteiger partial charge in [0.2, 0.25) is 5.95 Å². The van der Waals surface area contributed by atoms with Crippen molar-refractivity contribution < 1.29 is 4.74 Å². The zero-order valence-corrected chi connectivity index (χ0v) is 9.58. The van der Waals surface area contributed by atoms with Crippen LogP contribution in [-0.4, -0.2) is 29.7 Å². The third-order valence-corrected chi connectivity index (χ3v) is 2.18. The fourth-order valence-corrected chi connectivity index (χ4v) is 1.23. The number of nitrogens with zero attached hydrogens (tertiary/aromatic N) is 2. The van der Waals surface area contributed by atoms with Gasteiger partial charge in [-0.15, -0.1) is 0 Å². The van der Waals surface area contributed by atoms with E-state index in [-0.39, 0.29) is 12.0 Å². The molecule has 0 aliphatic rings. The second-order valence-corrected chi connectivity index (χ2v) is 3.66. The van der Waals surface area contributed by atoms with E-state index in [4.69, 9.17) is 22.1 Å². The Hall–Kier alpha value is -1.07. The van der Waals surface area contributed by atoms with E-state index in [1.54, 1.807) is 7.11 Å². The van der Waals surface area contributed by atoms with Crippen LogP contribution in [0.1, 0.15) is 13.3 Å². The number of nitrogens with one attached hydrogen (secondary N) is 1. The first-order chi connectivity index (χ1) is 7.13. The summed E-state index contributed by atoms with van der Waals surface area (Å²) in [6.07, 6.45) is 2.35. The maximum absolute atomic E-state index is 5.90. The van der Waals surface area contributed by atoms with E-state index >= 15 is 0 Å². The number of nitrogens with two attached hydrogens (primary N) is 1. The largest absolute Gasteiger partial charge is 0.385 e. The van der Waals surface area contributed by atoms with Crippen LogP contribution in [0.2, 0.25) is 5.02 Å². The van der Waals surface area contributed by atoms with E-state index in [0.717, 1.165) is 6.42 Å². The molecule has 1 aromatic rings. The van der Waals surface area contributed by atoms with E-state index in [1.165, 1.54) is 6.20 Å². The van der Waals surface area contributed by atoms with Gasteiger partial charge in [0.1, 0.15) is 5.02 Å². The highest BCUT2D eigenvalue weighted by molar-refractivity contribution is 6.32. The Labute approximate surface area is 94.0 Å². The fourth-order valence-electron chi connectivity index (χ4n) is 1.08. The Morgan fingerprint density at radius 3 is 3.07 bits per heavy atom. The van der Waals surface area contributed by atoms with Crippen molar-refractivity contribution in [1.82, 2.24) is 9.97 Å². The maximum Gasteiger partial charge on any atom is 0.222 e. The minimum absolute atomic E-state index is 0.209. The van der Waals surface area contributed by atoms with Crippen molar-refractivity contribution >= 4 is 23.4 Å². The van der Waals surface area contributed by atoms with Gasteiger partial charge in [-0.05, 0) is 13.3 Å². The van der Waals surface area contributed by atoms with E-state index in [1.807, 2.05) is 6.92 Å². The van der Waals surface area contributed by atoms with Gasteiger partial charge < -0.3 is 15.8 Å². The van der Waals surface area contributed by atoms with Gasteiger partial charge in [-0.3, -0.25) is 0 Å². The van der Waals surface area contributed by atoms with Crippen LogP contribution < -0.4 is 11.1 Å². The summed E-state index contributed by atoms with van der Waals surface area (Å²) in [4.78, 5) is 7.78. The topological polar surface area (TPSA) is 73.1 Å². The summed E-state index contributed by atoms with van der Waals surface area (Å²) in [6.45, 7) is 2.71. The van der Waals surface area contributed by atoms with Crippen LogP contribution in [0.4, 0.5) is 11.8 Å². The predicted molar refractivity (Wildman–Crippen MR) is 61.0 cm³/mol. The van der Waals surface area contributed by atoms with Crippen LogP contribution in [0.25, 0.3) is 0 Å². The molecule has 5 nitrogen and oxygen atoms in total. The minimum Gasteiger partial charge on any atom is -0.385 e. The van der Waals surface area contributed by atoms with E-state index in [9.17, 15) is 0 Å². The molecule has 3 N–H and O–H groups in total. The molecular weight excluding hydrogens is 216 g/mol. The van der Waals surface area contributed by atoms with Gasteiger partial charge in [0.05, 0.1) is 6.20 Å². The van der Waals surface area contributed by atoms with Crippen molar-refractivity contribution in [1.29, 1.82) is 0 Å². The van der Waals surface area contributed by atoms with Gasteiger partial charge in [0.25, 0.3) is 0 Å². The molecule has 1 atom stereocenters. The molecule has 0 amide bonds. The molecule has 0 saturated carbocycles. The number of methoxy groups -OCH3 is 1. The first-order valence-corrected chi connectivity index (χ1v) is 5.04. The van der Waals surface area contributed by atoms with Gasteiger partial charge in [-0.2, -0.15) is 4.98 Å². The van der Waals surface area contributed by atoms with Gasteiger partial charge >= 0.3 is 0 Å². The molecular formula is C9H15ClN4O. The molecule has 0 spiro atoms. The van der Waals surface area contributed by atoms with Crippen LogP contribution in [0.15, 0.2) is 6.20 Å². The second-order valence-electron chi connectivity index (χ2n) is 3.25. The molecule has 15 heavy (non-hydrogen) atoms. The van der Waals surface area contributed by atoms with Crippen molar-refractivity contribution in [3.05, 3.63) is 11.2 Å². The number of hydrogen-bond donors (Lipinski definition) is 2. The summed E-state index contributed by atoms with van der Waals surface area (Å²) in [5.41, 5.74) is 5.46. The van der Waals surface area contributed by atoms with Crippen LogP contribution in [0.5, 0.6) is 0 Å². The first kappa shape index (κ1) is 12.0. The monoisotopic (exact) mass is 230 g/mol. The van der Waals surface area contributed by atoms with E-state index < -0.39 is 0 Å². The Balaban J connectivity index is 2.59. The quantitative estimate of drug-likeness (QED) is 0.803. The number of rotatable bonds is 5. The average molecular weight is 231 g/mol. The van der Waals surface area contributed by atoms with Gasteiger partial charge in [-0.1, -0.05) is 11.6 Å². The highest BCUT2D eigenvalue weighted by Crippen LogP contribution is 2.19. The molecule has 0 saturated heterocycles. The summed E-state index contributed by atoms with van der Waals surface area (Å²) < 4.78 is 4.97. The number of anilines is 2. The lowest BCUT2D eigenvalue weighted by Gasteiger charge is -2.14. The highest BCUT2D eigenvalue weighted by atomic mass is 35.5. The summed E-state index contributed by atoms with van der Waals surface area (Å²) in [5, 5.41) is 3.61. The molecule has 0 bridgehead atoms. The zero-order chi connectivity index (χ0) is 11.3. The Bertz CT molecular complexity index is 321. The lowest BCUT2D eigenvalue weighted by atomic mass is 10.2. The Morgan fingerprint density at radius 1 is 1.67 bits per heavy atom. The molecule has 1 unspecified atom stereocenters. The number of hydrogen-bond acceptors (Lipinski definition) is 5. The van der Waals surface area contributed by atoms with Crippen molar-refractivity contribution in [2.75, 3.05) is 24.8 Å². The fraction of sp³-hybridized carbons (Fsp3) is 0.556. The standard InChI is InChI=1S/C9H15ClN4O/c1-6(3-4-15-2)13-8-7(10)5-12-9(11)14-8/h5-6H,3-4H2,1-2H3,(H3,11,12,13,14). The van der Waals surface area contributed by atoms with Crippen LogP contribution >= 0.6 is 11.6 Å². The van der Waals surface area contributed by atoms with Gasteiger partial charge in [-0.25, -0.2) is 4.98 Å². The van der Waals surface area contributed by atoms with Crippen molar-refractivity contribution in [3.8, 4) is 0 Å². The van der Waals surface area contributed by atoms with E-state index in [0.29, 0.717) is 17.4 Å².